The van der Waals surface area contributed by atoms with Crippen LogP contribution in [0.25, 0.3) is 0 Å². The van der Waals surface area contributed by atoms with Crippen molar-refractivity contribution in [3.63, 3.8) is 0 Å². The van der Waals surface area contributed by atoms with Crippen LogP contribution in [0.1, 0.15) is 73.4 Å². The molecule has 0 aromatic heterocycles. The van der Waals surface area contributed by atoms with E-state index in [0.717, 1.165) is 11.1 Å². The van der Waals surface area contributed by atoms with Crippen molar-refractivity contribution < 1.29 is 19.8 Å². The number of phenols is 2. The average molecular weight is 461 g/mol. The van der Waals surface area contributed by atoms with Crippen LogP contribution in [0.2, 0.25) is 0 Å². The van der Waals surface area contributed by atoms with Crippen molar-refractivity contribution >= 4 is 23.2 Å². The molecule has 0 heterocycles. The Morgan fingerprint density at radius 2 is 0.971 bits per heavy atom. The number of amides is 2. The Morgan fingerprint density at radius 1 is 0.618 bits per heavy atom. The fourth-order valence-electron chi connectivity index (χ4n) is 3.45. The van der Waals surface area contributed by atoms with E-state index in [2.05, 4.69) is 10.6 Å². The summed E-state index contributed by atoms with van der Waals surface area (Å²) in [5, 5.41) is 26.1. The number of carbonyl (C=O) groups is 2. The monoisotopic (exact) mass is 460 g/mol. The van der Waals surface area contributed by atoms with Crippen molar-refractivity contribution in [1.82, 2.24) is 0 Å². The van der Waals surface area contributed by atoms with Crippen LogP contribution < -0.4 is 10.6 Å². The summed E-state index contributed by atoms with van der Waals surface area (Å²) >= 11 is 0. The number of hydrogen-bond acceptors (Lipinski definition) is 4. The zero-order valence-corrected chi connectivity index (χ0v) is 20.5. The number of hydrogen-bond donors (Lipinski definition) is 4. The first-order valence-electron chi connectivity index (χ1n) is 11.2. The first-order valence-corrected chi connectivity index (χ1v) is 11.2. The standard InChI is InChI=1S/C28H32N2O4/c1-27(2,3)17-11-13-23(31)19(15-17)25(33)29-21-9-7-8-10-22(21)30-26(34)20-16-18(28(4,5)6)12-14-24(20)32/h7-16,31-32H,1-6H3,(H,29,33)(H,30,34). The number of benzene rings is 3. The van der Waals surface area contributed by atoms with Crippen molar-refractivity contribution in [3.05, 3.63) is 82.9 Å². The van der Waals surface area contributed by atoms with Gasteiger partial charge < -0.3 is 20.8 Å². The fourth-order valence-corrected chi connectivity index (χ4v) is 3.45. The topological polar surface area (TPSA) is 98.7 Å². The minimum absolute atomic E-state index is 0.129. The summed E-state index contributed by atoms with van der Waals surface area (Å²) in [5.74, 6) is -1.25. The summed E-state index contributed by atoms with van der Waals surface area (Å²) in [5.41, 5.74) is 2.45. The highest BCUT2D eigenvalue weighted by molar-refractivity contribution is 6.11. The molecular weight excluding hydrogens is 428 g/mol. The second kappa shape index (κ2) is 9.21. The molecular formula is C28H32N2O4. The van der Waals surface area contributed by atoms with E-state index in [1.807, 2.05) is 41.5 Å². The molecule has 4 N–H and O–H groups in total. The number of rotatable bonds is 4. The zero-order valence-electron chi connectivity index (χ0n) is 20.5. The van der Waals surface area contributed by atoms with Crippen LogP contribution in [0.3, 0.4) is 0 Å². The lowest BCUT2D eigenvalue weighted by molar-refractivity contribution is 0.101. The van der Waals surface area contributed by atoms with Gasteiger partial charge in [-0.2, -0.15) is 0 Å². The smallest absolute Gasteiger partial charge is 0.259 e. The number of para-hydroxylation sites is 2. The summed E-state index contributed by atoms with van der Waals surface area (Å²) in [6.45, 7) is 12.1. The summed E-state index contributed by atoms with van der Waals surface area (Å²) in [7, 11) is 0. The lowest BCUT2D eigenvalue weighted by Crippen LogP contribution is -2.19. The molecule has 6 heteroatoms. The first kappa shape index (κ1) is 24.8. The van der Waals surface area contributed by atoms with Gasteiger partial charge in [-0.3, -0.25) is 9.59 Å². The zero-order chi connectivity index (χ0) is 25.3. The number of aromatic hydroxyl groups is 2. The molecule has 0 saturated carbocycles. The van der Waals surface area contributed by atoms with Crippen LogP contribution in [-0.4, -0.2) is 22.0 Å². The molecule has 0 aliphatic rings. The van der Waals surface area contributed by atoms with Crippen molar-refractivity contribution in [3.8, 4) is 11.5 Å². The van der Waals surface area contributed by atoms with Crippen LogP contribution in [0.15, 0.2) is 60.7 Å². The van der Waals surface area contributed by atoms with E-state index in [1.54, 1.807) is 48.5 Å². The second-order valence-corrected chi connectivity index (χ2v) is 10.4. The third-order valence-corrected chi connectivity index (χ3v) is 5.64. The van der Waals surface area contributed by atoms with Crippen LogP contribution in [-0.2, 0) is 10.8 Å². The minimum atomic E-state index is -0.497. The molecule has 0 unspecified atom stereocenters. The molecule has 0 saturated heterocycles. The normalized spacial score (nSPS) is 11.7. The molecule has 0 fully saturated rings. The molecule has 3 aromatic rings. The molecule has 3 rings (SSSR count). The highest BCUT2D eigenvalue weighted by Crippen LogP contribution is 2.31. The Labute approximate surface area is 200 Å². The van der Waals surface area contributed by atoms with Gasteiger partial charge in [-0.05, 0) is 58.4 Å². The molecule has 3 aromatic carbocycles. The molecule has 178 valence electrons. The Kier molecular flexibility index (Phi) is 6.73. The van der Waals surface area contributed by atoms with Gasteiger partial charge in [-0.1, -0.05) is 65.8 Å². The van der Waals surface area contributed by atoms with Gasteiger partial charge in [0.25, 0.3) is 11.8 Å². The highest BCUT2D eigenvalue weighted by Gasteiger charge is 2.21. The largest absolute Gasteiger partial charge is 0.507 e. The lowest BCUT2D eigenvalue weighted by Gasteiger charge is -2.21. The average Bonchev–Trinajstić information content (AvgIpc) is 2.74. The number of phenolic OH excluding ortho intramolecular Hbond substituents is 2. The third kappa shape index (κ3) is 5.57. The van der Waals surface area contributed by atoms with E-state index >= 15 is 0 Å². The maximum absolute atomic E-state index is 13.0. The van der Waals surface area contributed by atoms with E-state index in [4.69, 9.17) is 0 Å². The van der Waals surface area contributed by atoms with E-state index in [1.165, 1.54) is 12.1 Å². The van der Waals surface area contributed by atoms with Crippen molar-refractivity contribution in [2.75, 3.05) is 10.6 Å². The Morgan fingerprint density at radius 3 is 1.29 bits per heavy atom. The lowest BCUT2D eigenvalue weighted by atomic mass is 9.86. The van der Waals surface area contributed by atoms with Gasteiger partial charge in [0.2, 0.25) is 0 Å². The van der Waals surface area contributed by atoms with Gasteiger partial charge in [-0.15, -0.1) is 0 Å². The Hall–Kier alpha value is -3.80. The number of nitrogens with one attached hydrogen (secondary N) is 2. The predicted molar refractivity (Wildman–Crippen MR) is 136 cm³/mol. The Balaban J connectivity index is 1.88. The summed E-state index contributed by atoms with van der Waals surface area (Å²) < 4.78 is 0. The van der Waals surface area contributed by atoms with Crippen LogP contribution >= 0.6 is 0 Å². The molecule has 0 radical (unpaired) electrons. The molecule has 0 bridgehead atoms. The highest BCUT2D eigenvalue weighted by atomic mass is 16.3. The molecule has 6 nitrogen and oxygen atoms in total. The van der Waals surface area contributed by atoms with Gasteiger partial charge in [0.15, 0.2) is 0 Å². The Bertz CT molecular complexity index is 1140. The molecule has 34 heavy (non-hydrogen) atoms. The number of anilines is 2. The SMILES string of the molecule is CC(C)(C)c1ccc(O)c(C(=O)Nc2ccccc2NC(=O)c2cc(C(C)(C)C)ccc2O)c1. The van der Waals surface area contributed by atoms with E-state index < -0.39 is 11.8 Å². The quantitative estimate of drug-likeness (QED) is 0.373. The van der Waals surface area contributed by atoms with E-state index in [9.17, 15) is 19.8 Å². The van der Waals surface area contributed by atoms with Gasteiger partial charge in [-0.25, -0.2) is 0 Å². The third-order valence-electron chi connectivity index (χ3n) is 5.64. The van der Waals surface area contributed by atoms with Crippen LogP contribution in [0, 0.1) is 0 Å². The minimum Gasteiger partial charge on any atom is -0.507 e. The first-order chi connectivity index (χ1) is 15.8. The van der Waals surface area contributed by atoms with Gasteiger partial charge in [0.1, 0.15) is 11.5 Å². The summed E-state index contributed by atoms with van der Waals surface area (Å²) in [6.07, 6.45) is 0. The fraction of sp³-hybridized carbons (Fsp3) is 0.286. The summed E-state index contributed by atoms with van der Waals surface area (Å²) in [4.78, 5) is 26.0. The molecule has 2 amide bonds. The molecule has 0 atom stereocenters. The molecule has 0 spiro atoms. The van der Waals surface area contributed by atoms with Crippen molar-refractivity contribution in [2.45, 2.75) is 52.4 Å². The van der Waals surface area contributed by atoms with Crippen LogP contribution in [0.5, 0.6) is 11.5 Å². The van der Waals surface area contributed by atoms with Crippen molar-refractivity contribution in [1.29, 1.82) is 0 Å². The van der Waals surface area contributed by atoms with E-state index in [0.29, 0.717) is 11.4 Å². The van der Waals surface area contributed by atoms with E-state index in [-0.39, 0.29) is 33.5 Å². The maximum atomic E-state index is 13.0. The maximum Gasteiger partial charge on any atom is 0.259 e. The van der Waals surface area contributed by atoms with Gasteiger partial charge in [0, 0.05) is 0 Å². The number of carbonyl (C=O) groups excluding carboxylic acids is 2. The molecule has 0 aliphatic heterocycles. The summed E-state index contributed by atoms with van der Waals surface area (Å²) in [6, 6.07) is 16.7. The predicted octanol–water partition coefficient (Wildman–Crippen LogP) is 6.20. The van der Waals surface area contributed by atoms with Gasteiger partial charge >= 0.3 is 0 Å². The van der Waals surface area contributed by atoms with Crippen LogP contribution in [0.4, 0.5) is 11.4 Å². The molecule has 0 aliphatic carbocycles. The van der Waals surface area contributed by atoms with Gasteiger partial charge in [0.05, 0.1) is 22.5 Å². The second-order valence-electron chi connectivity index (χ2n) is 10.4. The van der Waals surface area contributed by atoms with Crippen molar-refractivity contribution in [2.24, 2.45) is 0 Å².